The predicted molar refractivity (Wildman–Crippen MR) is 161 cm³/mol. The number of ether oxygens (including phenoxy) is 2. The molecule has 2 amide bonds. The average molecular weight is 564 g/mol. The number of carbonyl (C=O) groups is 2. The molecule has 0 N–H and O–H groups in total. The SMILES string of the molecule is CCCCCCCCCCCCCCCCOC[C@@H]1C[C@@H](COC(=O)N(Cc2cccc[n+]2CC)C(C)=O)S1. The Kier molecular flexibility index (Phi) is 18.3. The van der Waals surface area contributed by atoms with Gasteiger partial charge in [-0.2, -0.15) is 0 Å². The Morgan fingerprint density at radius 3 is 2.00 bits per heavy atom. The molecule has 0 bridgehead atoms. The lowest BCUT2D eigenvalue weighted by Crippen LogP contribution is -2.44. The first-order valence-electron chi connectivity index (χ1n) is 15.7. The summed E-state index contributed by atoms with van der Waals surface area (Å²) >= 11 is 1.82. The molecule has 1 aromatic rings. The summed E-state index contributed by atoms with van der Waals surface area (Å²) in [7, 11) is 0. The molecule has 1 aliphatic heterocycles. The van der Waals surface area contributed by atoms with Crippen LogP contribution in [0.15, 0.2) is 24.4 Å². The highest BCUT2D eigenvalue weighted by atomic mass is 32.2. The summed E-state index contributed by atoms with van der Waals surface area (Å²) < 4.78 is 13.4. The second-order valence-corrected chi connectivity index (χ2v) is 12.6. The second-order valence-electron chi connectivity index (χ2n) is 10.9. The van der Waals surface area contributed by atoms with Gasteiger partial charge >= 0.3 is 6.09 Å². The average Bonchev–Trinajstić information content (AvgIpc) is 2.91. The van der Waals surface area contributed by atoms with Crippen molar-refractivity contribution in [3.05, 3.63) is 30.1 Å². The van der Waals surface area contributed by atoms with Crippen LogP contribution < -0.4 is 4.57 Å². The van der Waals surface area contributed by atoms with Crippen LogP contribution in [-0.4, -0.2) is 47.2 Å². The monoisotopic (exact) mass is 563 g/mol. The molecule has 0 aromatic carbocycles. The Morgan fingerprint density at radius 2 is 1.44 bits per heavy atom. The number of amides is 2. The van der Waals surface area contributed by atoms with E-state index in [1.807, 2.05) is 47.6 Å². The summed E-state index contributed by atoms with van der Waals surface area (Å²) in [6.45, 7) is 8.68. The minimum atomic E-state index is -0.563. The molecule has 2 atom stereocenters. The molecule has 222 valence electrons. The molecule has 0 saturated carbocycles. The van der Waals surface area contributed by atoms with Crippen LogP contribution in [-0.2, 0) is 27.4 Å². The lowest BCUT2D eigenvalue weighted by Gasteiger charge is -2.34. The van der Waals surface area contributed by atoms with Crippen molar-refractivity contribution < 1.29 is 23.6 Å². The largest absolute Gasteiger partial charge is 0.448 e. The second kappa shape index (κ2) is 21.2. The van der Waals surface area contributed by atoms with E-state index in [0.717, 1.165) is 38.3 Å². The summed E-state index contributed by atoms with van der Waals surface area (Å²) in [6, 6.07) is 5.78. The number of hydrogen-bond donors (Lipinski definition) is 0. The number of rotatable bonds is 22. The van der Waals surface area contributed by atoms with Gasteiger partial charge in [-0.25, -0.2) is 14.3 Å². The molecule has 2 rings (SSSR count). The van der Waals surface area contributed by atoms with Gasteiger partial charge in [-0.3, -0.25) is 4.79 Å². The normalized spacial score (nSPS) is 16.6. The van der Waals surface area contributed by atoms with Gasteiger partial charge in [-0.15, -0.1) is 11.8 Å². The van der Waals surface area contributed by atoms with E-state index in [0.29, 0.717) is 11.9 Å². The van der Waals surface area contributed by atoms with Gasteiger partial charge < -0.3 is 9.47 Å². The van der Waals surface area contributed by atoms with Gasteiger partial charge in [0.15, 0.2) is 6.20 Å². The minimum Gasteiger partial charge on any atom is -0.448 e. The van der Waals surface area contributed by atoms with Crippen molar-refractivity contribution in [1.82, 2.24) is 4.90 Å². The third kappa shape index (κ3) is 14.6. The quantitative estimate of drug-likeness (QED) is 0.106. The van der Waals surface area contributed by atoms with E-state index < -0.39 is 6.09 Å². The number of aryl methyl sites for hydroxylation is 1. The van der Waals surface area contributed by atoms with Crippen molar-refractivity contribution in [2.24, 2.45) is 0 Å². The van der Waals surface area contributed by atoms with Gasteiger partial charge in [0.2, 0.25) is 11.6 Å². The van der Waals surface area contributed by atoms with Gasteiger partial charge in [0.25, 0.3) is 0 Å². The Hall–Kier alpha value is -1.60. The summed E-state index contributed by atoms with van der Waals surface area (Å²) in [5.41, 5.74) is 0.904. The number of nitrogens with zero attached hydrogens (tertiary/aromatic N) is 2. The highest BCUT2D eigenvalue weighted by molar-refractivity contribution is 8.01. The number of unbranched alkanes of at least 4 members (excludes halogenated alkanes) is 13. The standard InChI is InChI=1S/C32H55N2O4S/c1-4-6-7-8-9-10-11-12-13-14-15-16-17-20-23-37-26-30-24-31(39-30)27-38-32(36)34(28(3)35)25-29-21-18-19-22-33(29)5-2/h18-19,21-22,30-31H,4-17,20,23-27H2,1-3H3/q+1/t30-,31-/m0/s1. The van der Waals surface area contributed by atoms with Crippen molar-refractivity contribution >= 4 is 23.8 Å². The lowest BCUT2D eigenvalue weighted by molar-refractivity contribution is -0.701. The molecular weight excluding hydrogens is 508 g/mol. The van der Waals surface area contributed by atoms with Crippen LogP contribution in [0.3, 0.4) is 0 Å². The molecule has 1 fully saturated rings. The number of carbonyl (C=O) groups excluding carboxylic acids is 2. The summed E-state index contributed by atoms with van der Waals surface area (Å²) in [5.74, 6) is -0.303. The first kappa shape index (κ1) is 33.6. The lowest BCUT2D eigenvalue weighted by atomic mass is 10.0. The molecule has 0 unspecified atom stereocenters. The van der Waals surface area contributed by atoms with Crippen molar-refractivity contribution in [3.63, 3.8) is 0 Å². The van der Waals surface area contributed by atoms with Crippen molar-refractivity contribution in [2.75, 3.05) is 19.8 Å². The van der Waals surface area contributed by atoms with Gasteiger partial charge in [0.05, 0.1) is 6.61 Å². The maximum Gasteiger partial charge on any atom is 0.417 e. The first-order chi connectivity index (χ1) is 19.0. The number of aromatic nitrogens is 1. The van der Waals surface area contributed by atoms with Crippen LogP contribution >= 0.6 is 11.8 Å². The van der Waals surface area contributed by atoms with Crippen molar-refractivity contribution in [2.45, 2.75) is 141 Å². The fourth-order valence-corrected chi connectivity index (χ4v) is 6.25. The molecule has 0 radical (unpaired) electrons. The zero-order chi connectivity index (χ0) is 28.1. The highest BCUT2D eigenvalue weighted by Crippen LogP contribution is 2.37. The molecule has 1 aromatic heterocycles. The fourth-order valence-electron chi connectivity index (χ4n) is 5.05. The van der Waals surface area contributed by atoms with E-state index in [1.54, 1.807) is 0 Å². The molecule has 2 heterocycles. The van der Waals surface area contributed by atoms with Crippen molar-refractivity contribution in [3.8, 4) is 0 Å². The maximum absolute atomic E-state index is 12.6. The Bertz CT molecular complexity index is 800. The Morgan fingerprint density at radius 1 is 0.872 bits per heavy atom. The number of pyridine rings is 1. The molecule has 0 aliphatic carbocycles. The minimum absolute atomic E-state index is 0.219. The van der Waals surface area contributed by atoms with E-state index in [1.165, 1.54) is 95.3 Å². The third-order valence-corrected chi connectivity index (χ3v) is 8.97. The number of thioether (sulfide) groups is 1. The molecule has 1 aliphatic rings. The van der Waals surface area contributed by atoms with Crippen LogP contribution in [0.5, 0.6) is 0 Å². The van der Waals surface area contributed by atoms with Crippen LogP contribution in [0.1, 0.15) is 123 Å². The molecule has 0 spiro atoms. The zero-order valence-corrected chi connectivity index (χ0v) is 25.9. The Balaban J connectivity index is 1.41. The predicted octanol–water partition coefficient (Wildman–Crippen LogP) is 7.85. The van der Waals surface area contributed by atoms with Crippen molar-refractivity contribution in [1.29, 1.82) is 0 Å². The topological polar surface area (TPSA) is 59.7 Å². The van der Waals surface area contributed by atoms with Gasteiger partial charge in [-0.1, -0.05) is 96.5 Å². The van der Waals surface area contributed by atoms with Crippen LogP contribution in [0, 0.1) is 0 Å². The smallest absolute Gasteiger partial charge is 0.417 e. The molecule has 39 heavy (non-hydrogen) atoms. The van der Waals surface area contributed by atoms with Crippen LogP contribution in [0.2, 0.25) is 0 Å². The summed E-state index contributed by atoms with van der Waals surface area (Å²) in [4.78, 5) is 25.9. The van der Waals surface area contributed by atoms with E-state index in [-0.39, 0.29) is 17.7 Å². The molecule has 6 nitrogen and oxygen atoms in total. The van der Waals surface area contributed by atoms with E-state index in [2.05, 4.69) is 6.92 Å². The molecular formula is C32H55N2O4S+. The van der Waals surface area contributed by atoms with Crippen LogP contribution in [0.4, 0.5) is 4.79 Å². The first-order valence-corrected chi connectivity index (χ1v) is 16.6. The fraction of sp³-hybridized carbons (Fsp3) is 0.781. The van der Waals surface area contributed by atoms with Gasteiger partial charge in [0, 0.05) is 36.2 Å². The highest BCUT2D eigenvalue weighted by Gasteiger charge is 2.32. The third-order valence-electron chi connectivity index (χ3n) is 7.55. The molecule has 1 saturated heterocycles. The number of hydrogen-bond acceptors (Lipinski definition) is 5. The maximum atomic E-state index is 12.6. The van der Waals surface area contributed by atoms with E-state index in [9.17, 15) is 9.59 Å². The summed E-state index contributed by atoms with van der Waals surface area (Å²) in [6.07, 6.45) is 21.6. The molecule has 7 heteroatoms. The Labute approximate surface area is 242 Å². The zero-order valence-electron chi connectivity index (χ0n) is 25.0. The van der Waals surface area contributed by atoms with Gasteiger partial charge in [-0.05, 0) is 19.8 Å². The van der Waals surface area contributed by atoms with Crippen LogP contribution in [0.25, 0.3) is 0 Å². The van der Waals surface area contributed by atoms with Gasteiger partial charge in [0.1, 0.15) is 19.7 Å². The van der Waals surface area contributed by atoms with E-state index in [4.69, 9.17) is 9.47 Å². The summed E-state index contributed by atoms with van der Waals surface area (Å²) in [5, 5.41) is 0.770. The van der Waals surface area contributed by atoms with E-state index >= 15 is 0 Å². The number of imide groups is 1.